The molecule has 0 radical (unpaired) electrons. The Morgan fingerprint density at radius 2 is 2.00 bits per heavy atom. The van der Waals surface area contributed by atoms with Gasteiger partial charge in [0.2, 0.25) is 5.91 Å². The largest absolute Gasteiger partial charge is 0.447 e. The maximum Gasteiger partial charge on any atom is 0.409 e. The molecule has 1 unspecified atom stereocenters. The number of aromatic nitrogens is 3. The van der Waals surface area contributed by atoms with Crippen LogP contribution in [0.5, 0.6) is 0 Å². The molecule has 1 fully saturated rings. The second-order valence-electron chi connectivity index (χ2n) is 9.14. The van der Waals surface area contributed by atoms with Gasteiger partial charge in [0.05, 0.1) is 24.7 Å². The van der Waals surface area contributed by atoms with Crippen LogP contribution in [-0.4, -0.2) is 63.1 Å². The van der Waals surface area contributed by atoms with Crippen molar-refractivity contribution in [3.8, 4) is 0 Å². The van der Waals surface area contributed by atoms with Crippen LogP contribution >= 0.6 is 0 Å². The molecule has 12 heteroatoms. The lowest BCUT2D eigenvalue weighted by molar-refractivity contribution is -0.126. The van der Waals surface area contributed by atoms with Gasteiger partial charge in [-0.1, -0.05) is 30.3 Å². The van der Waals surface area contributed by atoms with E-state index in [0.717, 1.165) is 0 Å². The predicted molar refractivity (Wildman–Crippen MR) is 121 cm³/mol. The average Bonchev–Trinajstić information content (AvgIpc) is 3.45. The van der Waals surface area contributed by atoms with E-state index in [2.05, 4.69) is 15.4 Å². The number of nitrogens with one attached hydrogen (secondary N) is 1. The van der Waals surface area contributed by atoms with Gasteiger partial charge in [-0.05, 0) is 26.7 Å². The lowest BCUT2D eigenvalue weighted by Crippen LogP contribution is -2.50. The Balaban J connectivity index is 1.69. The third-order valence-electron chi connectivity index (χ3n) is 5.71. The van der Waals surface area contributed by atoms with Crippen LogP contribution in [-0.2, 0) is 22.0 Å². The number of nitrogens with zero attached hydrogens (tertiary/aromatic N) is 4. The van der Waals surface area contributed by atoms with Crippen LogP contribution in [0, 0.1) is 0 Å². The summed E-state index contributed by atoms with van der Waals surface area (Å²) in [6.07, 6.45) is -0.900. The first-order valence-corrected chi connectivity index (χ1v) is 11.4. The molecule has 1 aliphatic rings. The fraction of sp³-hybridized carbons (Fsp3) is 0.565. The summed E-state index contributed by atoms with van der Waals surface area (Å²) in [6.45, 7) is 3.26. The fourth-order valence-electron chi connectivity index (χ4n) is 3.67. The van der Waals surface area contributed by atoms with Crippen molar-refractivity contribution < 1.29 is 27.5 Å². The third-order valence-corrected chi connectivity index (χ3v) is 5.71. The van der Waals surface area contributed by atoms with E-state index in [0.29, 0.717) is 0 Å². The van der Waals surface area contributed by atoms with E-state index in [4.69, 9.17) is 10.5 Å². The topological polar surface area (TPSA) is 115 Å². The summed E-state index contributed by atoms with van der Waals surface area (Å²) in [5.74, 6) is -3.44. The van der Waals surface area contributed by atoms with Gasteiger partial charge in [-0.2, -0.15) is 5.10 Å². The molecule has 3 N–H and O–H groups in total. The number of amides is 2. The minimum Gasteiger partial charge on any atom is -0.447 e. The Bertz CT molecular complexity index is 996. The van der Waals surface area contributed by atoms with Crippen molar-refractivity contribution in [3.63, 3.8) is 0 Å². The van der Waals surface area contributed by atoms with Gasteiger partial charge < -0.3 is 20.7 Å². The average molecular weight is 497 g/mol. The molecule has 0 bridgehead atoms. The van der Waals surface area contributed by atoms with Crippen molar-refractivity contribution in [2.24, 2.45) is 5.73 Å². The first-order valence-electron chi connectivity index (χ1n) is 11.4. The lowest BCUT2D eigenvalue weighted by Gasteiger charge is -2.26. The van der Waals surface area contributed by atoms with Crippen LogP contribution in [0.2, 0.25) is 0 Å². The summed E-state index contributed by atoms with van der Waals surface area (Å²) in [5, 5.41) is 6.78. The summed E-state index contributed by atoms with van der Waals surface area (Å²) in [5.41, 5.74) is 4.51. The van der Waals surface area contributed by atoms with Crippen molar-refractivity contribution in [2.75, 3.05) is 19.7 Å². The molecule has 1 saturated heterocycles. The molecule has 1 aromatic carbocycles. The van der Waals surface area contributed by atoms with Crippen molar-refractivity contribution in [1.82, 2.24) is 25.0 Å². The summed E-state index contributed by atoms with van der Waals surface area (Å²) >= 11 is 0. The van der Waals surface area contributed by atoms with E-state index in [-0.39, 0.29) is 50.5 Å². The van der Waals surface area contributed by atoms with Crippen molar-refractivity contribution >= 4 is 12.0 Å². The van der Waals surface area contributed by atoms with Gasteiger partial charge in [-0.3, -0.25) is 4.79 Å². The molecule has 0 spiro atoms. The molecule has 192 valence electrons. The zero-order valence-electron chi connectivity index (χ0n) is 19.8. The molecule has 0 saturated carbocycles. The highest BCUT2D eigenvalue weighted by molar-refractivity contribution is 5.85. The summed E-state index contributed by atoms with van der Waals surface area (Å²) in [6, 6.07) is 6.50. The number of carbonyl (C=O) groups is 2. The first kappa shape index (κ1) is 26.5. The van der Waals surface area contributed by atoms with E-state index >= 15 is 0 Å². The number of hydrogen-bond donors (Lipinski definition) is 2. The highest BCUT2D eigenvalue weighted by Crippen LogP contribution is 2.35. The Morgan fingerprint density at radius 1 is 1.29 bits per heavy atom. The monoisotopic (exact) mass is 496 g/mol. The van der Waals surface area contributed by atoms with E-state index in [1.807, 2.05) is 0 Å². The Labute approximate surface area is 201 Å². The molecule has 2 heterocycles. The van der Waals surface area contributed by atoms with Gasteiger partial charge in [-0.25, -0.2) is 27.6 Å². The van der Waals surface area contributed by atoms with Crippen LogP contribution in [0.1, 0.15) is 50.5 Å². The number of ether oxygens (including phenoxy) is 1. The fourth-order valence-corrected chi connectivity index (χ4v) is 3.67. The molecule has 2 amide bonds. The van der Waals surface area contributed by atoms with Crippen molar-refractivity contribution in [2.45, 2.75) is 63.3 Å². The quantitative estimate of drug-likeness (QED) is 0.523. The maximum atomic E-state index is 14.8. The standard InChI is InChI=1S/C23H31F3N6O3/c1-22(2,27)20(33)30-18(8-10-23(25,26)16-6-4-3-5-7-16)19-28-15-29-32(19)12-13-35-21(34)31-11-9-17(24)14-31/h3-7,15,17-18H,8-14,27H2,1-2H3,(H,30,33)/t17-,18?/m1/s1. The zero-order chi connectivity index (χ0) is 25.6. The second-order valence-corrected chi connectivity index (χ2v) is 9.14. The number of carbonyl (C=O) groups excluding carboxylic acids is 2. The van der Waals surface area contributed by atoms with Gasteiger partial charge in [0.25, 0.3) is 5.92 Å². The molecule has 9 nitrogen and oxygen atoms in total. The van der Waals surface area contributed by atoms with Crippen molar-refractivity contribution in [1.29, 1.82) is 0 Å². The summed E-state index contributed by atoms with van der Waals surface area (Å²) < 4.78 is 49.5. The summed E-state index contributed by atoms with van der Waals surface area (Å²) in [4.78, 5) is 30.1. The van der Waals surface area contributed by atoms with Crippen LogP contribution in [0.15, 0.2) is 36.7 Å². The molecule has 1 aliphatic heterocycles. The number of halogens is 3. The number of likely N-dealkylation sites (tertiary alicyclic amines) is 1. The van der Waals surface area contributed by atoms with Gasteiger partial charge in [0, 0.05) is 18.5 Å². The number of nitrogens with two attached hydrogens (primary N) is 1. The van der Waals surface area contributed by atoms with E-state index in [1.54, 1.807) is 6.07 Å². The Kier molecular flexibility index (Phi) is 8.36. The van der Waals surface area contributed by atoms with E-state index < -0.39 is 42.1 Å². The first-order chi connectivity index (χ1) is 16.5. The number of alkyl halides is 3. The number of benzene rings is 1. The summed E-state index contributed by atoms with van der Waals surface area (Å²) in [7, 11) is 0. The highest BCUT2D eigenvalue weighted by atomic mass is 19.3. The van der Waals surface area contributed by atoms with Crippen LogP contribution in [0.4, 0.5) is 18.0 Å². The highest BCUT2D eigenvalue weighted by Gasteiger charge is 2.35. The van der Waals surface area contributed by atoms with Gasteiger partial charge in [0.1, 0.15) is 24.9 Å². The number of hydrogen-bond acceptors (Lipinski definition) is 6. The Morgan fingerprint density at radius 3 is 2.63 bits per heavy atom. The second kappa shape index (κ2) is 11.1. The molecule has 2 aromatic rings. The normalized spacial score (nSPS) is 17.3. The molecule has 35 heavy (non-hydrogen) atoms. The van der Waals surface area contributed by atoms with Gasteiger partial charge >= 0.3 is 6.09 Å². The van der Waals surface area contributed by atoms with Gasteiger partial charge in [-0.15, -0.1) is 0 Å². The molecular weight excluding hydrogens is 465 g/mol. The maximum absolute atomic E-state index is 14.8. The van der Waals surface area contributed by atoms with E-state index in [1.165, 1.54) is 54.0 Å². The van der Waals surface area contributed by atoms with Crippen LogP contribution in [0.25, 0.3) is 0 Å². The molecule has 1 aromatic heterocycles. The van der Waals surface area contributed by atoms with Crippen molar-refractivity contribution in [3.05, 3.63) is 48.0 Å². The van der Waals surface area contributed by atoms with Crippen LogP contribution < -0.4 is 11.1 Å². The zero-order valence-corrected chi connectivity index (χ0v) is 19.8. The third kappa shape index (κ3) is 7.17. The smallest absolute Gasteiger partial charge is 0.409 e. The Hall–Kier alpha value is -3.15. The SMILES string of the molecule is CC(C)(N)C(=O)NC(CCC(F)(F)c1ccccc1)c1ncnn1CCOC(=O)N1CC[C@@H](F)C1. The predicted octanol–water partition coefficient (Wildman–Crippen LogP) is 2.93. The molecular formula is C23H31F3N6O3. The minimum atomic E-state index is -3.13. The lowest BCUT2D eigenvalue weighted by atomic mass is 9.99. The number of rotatable bonds is 10. The molecule has 2 atom stereocenters. The molecule has 0 aliphatic carbocycles. The van der Waals surface area contributed by atoms with Gasteiger partial charge in [0.15, 0.2) is 0 Å². The van der Waals surface area contributed by atoms with E-state index in [9.17, 15) is 22.8 Å². The molecule has 3 rings (SSSR count). The van der Waals surface area contributed by atoms with Crippen LogP contribution in [0.3, 0.4) is 0 Å². The minimum absolute atomic E-state index is 0.00792.